The molecule has 2 atom stereocenters. The van der Waals surface area contributed by atoms with E-state index in [2.05, 4.69) is 0 Å². The highest BCUT2D eigenvalue weighted by atomic mass is 16.4. The maximum Gasteiger partial charge on any atom is 0.320 e. The number of carbonyl (C=O) groups is 3. The topological polar surface area (TPSA) is 104 Å². The highest BCUT2D eigenvalue weighted by Crippen LogP contribution is 2.24. The number of nitrogens with zero attached hydrogens (tertiary/aromatic N) is 2. The average molecular weight is 257 g/mol. The Kier molecular flexibility index (Phi) is 4.52. The van der Waals surface area contributed by atoms with E-state index in [1.54, 1.807) is 13.8 Å². The molecule has 1 rings (SSSR count). The molecule has 0 radical (unpaired) electrons. The van der Waals surface area contributed by atoms with Gasteiger partial charge < -0.3 is 20.6 Å². The van der Waals surface area contributed by atoms with Crippen LogP contribution >= 0.6 is 0 Å². The van der Waals surface area contributed by atoms with Crippen molar-refractivity contribution in [2.24, 2.45) is 17.6 Å². The van der Waals surface area contributed by atoms with Gasteiger partial charge in [-0.05, 0) is 12.8 Å². The first-order valence-electron chi connectivity index (χ1n) is 5.91. The van der Waals surface area contributed by atoms with Gasteiger partial charge in [0.05, 0.1) is 5.92 Å². The van der Waals surface area contributed by atoms with Crippen molar-refractivity contribution in [1.82, 2.24) is 9.80 Å². The molecule has 0 spiro atoms. The van der Waals surface area contributed by atoms with E-state index in [4.69, 9.17) is 10.8 Å². The van der Waals surface area contributed by atoms with Gasteiger partial charge in [0, 0.05) is 19.6 Å². The summed E-state index contributed by atoms with van der Waals surface area (Å²) in [6, 6.07) is -0.327. The van der Waals surface area contributed by atoms with E-state index >= 15 is 0 Å². The molecule has 0 bridgehead atoms. The molecule has 0 aromatic rings. The summed E-state index contributed by atoms with van der Waals surface area (Å²) < 4.78 is 0. The minimum absolute atomic E-state index is 0.0845. The molecule has 7 nitrogen and oxygen atoms in total. The van der Waals surface area contributed by atoms with Gasteiger partial charge in [-0.2, -0.15) is 0 Å². The van der Waals surface area contributed by atoms with E-state index in [0.717, 1.165) is 0 Å². The van der Waals surface area contributed by atoms with Gasteiger partial charge in [0.15, 0.2) is 0 Å². The Morgan fingerprint density at radius 1 is 1.39 bits per heavy atom. The zero-order valence-corrected chi connectivity index (χ0v) is 10.6. The number of aliphatic carboxylic acids is 1. The van der Waals surface area contributed by atoms with Crippen LogP contribution in [0, 0.1) is 11.8 Å². The standard InChI is InChI=1S/C11H19N3O4/c1-3-13(6-9(12)15)11(18)14-4-7(2)8(5-14)10(16)17/h7-8H,3-6H2,1-2H3,(H2,12,15)(H,16,17)/t7-,8-/m1/s1. The molecule has 3 N–H and O–H groups in total. The van der Waals surface area contributed by atoms with Crippen LogP contribution in [0.15, 0.2) is 0 Å². The third-order valence-electron chi connectivity index (χ3n) is 3.20. The number of hydrogen-bond acceptors (Lipinski definition) is 3. The minimum atomic E-state index is -0.893. The first-order chi connectivity index (χ1) is 8.36. The van der Waals surface area contributed by atoms with Gasteiger partial charge in [0.25, 0.3) is 0 Å². The van der Waals surface area contributed by atoms with Gasteiger partial charge in [-0.15, -0.1) is 0 Å². The summed E-state index contributed by atoms with van der Waals surface area (Å²) >= 11 is 0. The molecule has 1 aliphatic heterocycles. The number of hydrogen-bond donors (Lipinski definition) is 2. The van der Waals surface area contributed by atoms with Crippen LogP contribution in [0.4, 0.5) is 4.79 Å². The second-order valence-corrected chi connectivity index (χ2v) is 4.59. The Morgan fingerprint density at radius 2 is 2.00 bits per heavy atom. The first-order valence-corrected chi connectivity index (χ1v) is 5.91. The lowest BCUT2D eigenvalue weighted by atomic mass is 9.99. The first kappa shape index (κ1) is 14.3. The van der Waals surface area contributed by atoms with Gasteiger partial charge in [0.2, 0.25) is 5.91 Å². The van der Waals surface area contributed by atoms with Crippen molar-refractivity contribution >= 4 is 17.9 Å². The Hall–Kier alpha value is -1.79. The van der Waals surface area contributed by atoms with Crippen molar-refractivity contribution in [1.29, 1.82) is 0 Å². The second kappa shape index (κ2) is 5.70. The highest BCUT2D eigenvalue weighted by Gasteiger charge is 2.38. The molecule has 0 unspecified atom stereocenters. The molecule has 0 aliphatic carbocycles. The van der Waals surface area contributed by atoms with Crippen molar-refractivity contribution in [3.05, 3.63) is 0 Å². The van der Waals surface area contributed by atoms with Crippen molar-refractivity contribution in [2.45, 2.75) is 13.8 Å². The fourth-order valence-corrected chi connectivity index (χ4v) is 2.15. The number of likely N-dealkylation sites (N-methyl/N-ethyl adjacent to an activating group) is 1. The zero-order valence-electron chi connectivity index (χ0n) is 10.6. The molecule has 1 fully saturated rings. The summed E-state index contributed by atoms with van der Waals surface area (Å²) in [5.74, 6) is -2.09. The third kappa shape index (κ3) is 3.12. The van der Waals surface area contributed by atoms with E-state index in [-0.39, 0.29) is 25.0 Å². The van der Waals surface area contributed by atoms with Gasteiger partial charge in [-0.3, -0.25) is 9.59 Å². The van der Waals surface area contributed by atoms with E-state index in [1.807, 2.05) is 0 Å². The lowest BCUT2D eigenvalue weighted by Gasteiger charge is -2.25. The van der Waals surface area contributed by atoms with Crippen molar-refractivity contribution < 1.29 is 19.5 Å². The summed E-state index contributed by atoms with van der Waals surface area (Å²) in [6.45, 7) is 4.35. The quantitative estimate of drug-likeness (QED) is 0.712. The van der Waals surface area contributed by atoms with Crippen LogP contribution in [0.3, 0.4) is 0 Å². The highest BCUT2D eigenvalue weighted by molar-refractivity contribution is 5.83. The fourth-order valence-electron chi connectivity index (χ4n) is 2.15. The van der Waals surface area contributed by atoms with Crippen molar-refractivity contribution in [3.8, 4) is 0 Å². The van der Waals surface area contributed by atoms with Gasteiger partial charge >= 0.3 is 12.0 Å². The summed E-state index contributed by atoms with van der Waals surface area (Å²) in [5, 5.41) is 9.00. The van der Waals surface area contributed by atoms with Crippen LogP contribution in [0.1, 0.15) is 13.8 Å². The van der Waals surface area contributed by atoms with Gasteiger partial charge in [0.1, 0.15) is 6.54 Å². The van der Waals surface area contributed by atoms with Crippen molar-refractivity contribution in [2.75, 3.05) is 26.2 Å². The Balaban J connectivity index is 2.68. The number of urea groups is 1. The second-order valence-electron chi connectivity index (χ2n) is 4.59. The maximum absolute atomic E-state index is 12.1. The minimum Gasteiger partial charge on any atom is -0.481 e. The number of rotatable bonds is 4. The molecule has 18 heavy (non-hydrogen) atoms. The largest absolute Gasteiger partial charge is 0.481 e. The van der Waals surface area contributed by atoms with E-state index in [1.165, 1.54) is 9.80 Å². The molecule has 0 aromatic heterocycles. The molecule has 0 aromatic carbocycles. The lowest BCUT2D eigenvalue weighted by Crippen LogP contribution is -2.45. The number of amides is 3. The number of nitrogens with two attached hydrogens (primary N) is 1. The number of carbonyl (C=O) groups excluding carboxylic acids is 2. The summed E-state index contributed by atoms with van der Waals surface area (Å²) in [4.78, 5) is 36.7. The number of carboxylic acid groups (broad SMARTS) is 1. The number of likely N-dealkylation sites (tertiary alicyclic amines) is 1. The van der Waals surface area contributed by atoms with Crippen molar-refractivity contribution in [3.63, 3.8) is 0 Å². The van der Waals surface area contributed by atoms with Crippen LogP contribution < -0.4 is 5.73 Å². The smallest absolute Gasteiger partial charge is 0.320 e. The monoisotopic (exact) mass is 257 g/mol. The third-order valence-corrected chi connectivity index (χ3v) is 3.20. The molecule has 7 heteroatoms. The molecule has 1 aliphatic rings. The van der Waals surface area contributed by atoms with E-state index < -0.39 is 17.8 Å². The molecule has 0 saturated carbocycles. The van der Waals surface area contributed by atoms with E-state index in [9.17, 15) is 14.4 Å². The Labute approximate surface area is 106 Å². The van der Waals surface area contributed by atoms with Crippen LogP contribution in [0.2, 0.25) is 0 Å². The van der Waals surface area contributed by atoms with Crippen LogP contribution in [-0.4, -0.2) is 59.0 Å². The molecule has 102 valence electrons. The number of primary amides is 1. The van der Waals surface area contributed by atoms with Crippen LogP contribution in [0.25, 0.3) is 0 Å². The predicted octanol–water partition coefficient (Wildman–Crippen LogP) is -0.434. The fraction of sp³-hybridized carbons (Fsp3) is 0.727. The molecular weight excluding hydrogens is 238 g/mol. The Bertz CT molecular complexity index is 358. The molecule has 1 saturated heterocycles. The molecular formula is C11H19N3O4. The van der Waals surface area contributed by atoms with Crippen LogP contribution in [0.5, 0.6) is 0 Å². The Morgan fingerprint density at radius 3 is 2.39 bits per heavy atom. The molecule has 3 amide bonds. The molecule has 1 heterocycles. The van der Waals surface area contributed by atoms with E-state index in [0.29, 0.717) is 13.1 Å². The van der Waals surface area contributed by atoms with Gasteiger partial charge in [-0.1, -0.05) is 6.92 Å². The van der Waals surface area contributed by atoms with Gasteiger partial charge in [-0.25, -0.2) is 4.79 Å². The van der Waals surface area contributed by atoms with Crippen LogP contribution in [-0.2, 0) is 9.59 Å². The maximum atomic E-state index is 12.1. The normalized spacial score (nSPS) is 22.9. The SMILES string of the molecule is CCN(CC(N)=O)C(=O)N1C[C@@H](C)[C@H](C(=O)O)C1. The number of carboxylic acids is 1. The average Bonchev–Trinajstić information content (AvgIpc) is 2.67. The summed E-state index contributed by atoms with van der Waals surface area (Å²) in [6.07, 6.45) is 0. The summed E-state index contributed by atoms with van der Waals surface area (Å²) in [7, 11) is 0. The predicted molar refractivity (Wildman–Crippen MR) is 63.7 cm³/mol. The zero-order chi connectivity index (χ0) is 13.9. The lowest BCUT2D eigenvalue weighted by molar-refractivity contribution is -0.142. The summed E-state index contributed by atoms with van der Waals surface area (Å²) in [5.41, 5.74) is 5.06.